The Morgan fingerprint density at radius 1 is 1.23 bits per heavy atom. The molecule has 1 heterocycles. The summed E-state index contributed by atoms with van der Waals surface area (Å²) in [5, 5.41) is 0.172. The summed E-state index contributed by atoms with van der Waals surface area (Å²) in [6, 6.07) is 8.53. The second kappa shape index (κ2) is 9.41. The van der Waals surface area contributed by atoms with Gasteiger partial charge in [-0.15, -0.1) is 0 Å². The summed E-state index contributed by atoms with van der Waals surface area (Å²) >= 11 is 6.28. The molecular weight excluding hydrogens is 417 g/mol. The van der Waals surface area contributed by atoms with Gasteiger partial charge in [-0.05, 0) is 55.0 Å². The van der Waals surface area contributed by atoms with E-state index in [1.807, 2.05) is 0 Å². The fourth-order valence-corrected chi connectivity index (χ4v) is 2.82. The first-order valence-electron chi connectivity index (χ1n) is 8.85. The number of aliphatic imine (C=N–C) groups is 1. The third-order valence-corrected chi connectivity index (χ3v) is 4.19. The highest BCUT2D eigenvalue weighted by atomic mass is 35.5. The van der Waals surface area contributed by atoms with E-state index < -0.39 is 17.8 Å². The van der Waals surface area contributed by atoms with E-state index in [9.17, 15) is 14.0 Å². The zero-order valence-corrected chi connectivity index (χ0v) is 16.9. The molecule has 0 saturated carbocycles. The highest BCUT2D eigenvalue weighted by molar-refractivity contribution is 6.32. The van der Waals surface area contributed by atoms with Crippen molar-refractivity contribution in [2.24, 2.45) is 4.99 Å². The molecule has 1 aliphatic heterocycles. The van der Waals surface area contributed by atoms with Gasteiger partial charge in [-0.25, -0.2) is 19.0 Å². The molecule has 3 rings (SSSR count). The minimum Gasteiger partial charge on any atom is -0.490 e. The molecule has 2 aromatic rings. The van der Waals surface area contributed by atoms with Gasteiger partial charge >= 0.3 is 11.9 Å². The second-order valence-corrected chi connectivity index (χ2v) is 6.38. The van der Waals surface area contributed by atoms with Gasteiger partial charge in [0.15, 0.2) is 23.8 Å². The van der Waals surface area contributed by atoms with Crippen molar-refractivity contribution in [2.45, 2.75) is 6.92 Å². The molecule has 0 atom stereocenters. The fourth-order valence-electron chi connectivity index (χ4n) is 2.55. The molecule has 1 aliphatic rings. The van der Waals surface area contributed by atoms with Gasteiger partial charge in [0, 0.05) is 5.56 Å². The Bertz CT molecular complexity index is 1030. The molecule has 0 aliphatic carbocycles. The van der Waals surface area contributed by atoms with Crippen LogP contribution in [-0.2, 0) is 19.1 Å². The number of hydrogen-bond acceptors (Lipinski definition) is 7. The largest absolute Gasteiger partial charge is 0.490 e. The van der Waals surface area contributed by atoms with E-state index >= 15 is 0 Å². The molecule has 0 saturated heterocycles. The van der Waals surface area contributed by atoms with Crippen LogP contribution in [0.15, 0.2) is 47.1 Å². The molecule has 156 valence electrons. The van der Waals surface area contributed by atoms with E-state index in [0.717, 1.165) is 0 Å². The number of ether oxygens (including phenoxy) is 4. The van der Waals surface area contributed by atoms with E-state index in [2.05, 4.69) is 9.73 Å². The Hall–Kier alpha value is -3.39. The third-order valence-electron chi connectivity index (χ3n) is 3.91. The maximum absolute atomic E-state index is 13.1. The molecule has 0 N–H and O–H groups in total. The van der Waals surface area contributed by atoms with Crippen LogP contribution in [0, 0.1) is 5.82 Å². The fraction of sp³-hybridized carbons (Fsp3) is 0.190. The van der Waals surface area contributed by atoms with E-state index in [1.54, 1.807) is 13.0 Å². The first-order chi connectivity index (χ1) is 14.4. The molecule has 7 nitrogen and oxygen atoms in total. The number of benzene rings is 2. The average Bonchev–Trinajstić information content (AvgIpc) is 3.08. The molecule has 0 unspecified atom stereocenters. The molecule has 0 aromatic heterocycles. The lowest BCUT2D eigenvalue weighted by Crippen LogP contribution is -2.13. The van der Waals surface area contributed by atoms with Crippen LogP contribution in [0.25, 0.3) is 6.08 Å². The second-order valence-electron chi connectivity index (χ2n) is 5.97. The van der Waals surface area contributed by atoms with Gasteiger partial charge in [0.2, 0.25) is 5.90 Å². The normalized spacial score (nSPS) is 14.3. The molecule has 30 heavy (non-hydrogen) atoms. The van der Waals surface area contributed by atoms with Crippen molar-refractivity contribution in [1.82, 2.24) is 0 Å². The van der Waals surface area contributed by atoms with Crippen LogP contribution in [0.5, 0.6) is 11.5 Å². The minimum absolute atomic E-state index is 0.0380. The van der Waals surface area contributed by atoms with Crippen molar-refractivity contribution < 1.29 is 32.9 Å². The number of carbonyl (C=O) groups excluding carboxylic acids is 2. The predicted octanol–water partition coefficient (Wildman–Crippen LogP) is 3.77. The molecule has 0 fully saturated rings. The molecule has 0 radical (unpaired) electrons. The van der Waals surface area contributed by atoms with Crippen LogP contribution < -0.4 is 9.47 Å². The number of hydrogen-bond donors (Lipinski definition) is 0. The van der Waals surface area contributed by atoms with Crippen molar-refractivity contribution in [3.05, 3.63) is 64.1 Å². The van der Waals surface area contributed by atoms with Crippen LogP contribution in [0.2, 0.25) is 5.02 Å². The average molecular weight is 434 g/mol. The van der Waals surface area contributed by atoms with Crippen LogP contribution >= 0.6 is 11.6 Å². The standard InChI is InChI=1S/C21H17ClFNO6/c1-3-28-17-10-12(8-15(22)19(17)29-11-18(25)27-2)9-16-21(26)30-20(24-16)13-4-6-14(23)7-5-13/h4-10H,3,11H2,1-2H3. The van der Waals surface area contributed by atoms with E-state index in [0.29, 0.717) is 17.7 Å². The van der Waals surface area contributed by atoms with Crippen molar-refractivity contribution in [3.8, 4) is 11.5 Å². The number of cyclic esters (lactones) is 1. The van der Waals surface area contributed by atoms with Crippen molar-refractivity contribution >= 4 is 35.5 Å². The van der Waals surface area contributed by atoms with Crippen molar-refractivity contribution in [2.75, 3.05) is 20.3 Å². The van der Waals surface area contributed by atoms with Gasteiger partial charge < -0.3 is 18.9 Å². The Morgan fingerprint density at radius 3 is 2.63 bits per heavy atom. The Balaban J connectivity index is 1.91. The monoisotopic (exact) mass is 433 g/mol. The SMILES string of the molecule is CCOc1cc(C=C2N=C(c3ccc(F)cc3)OC2=O)cc(Cl)c1OCC(=O)OC. The Morgan fingerprint density at radius 2 is 1.97 bits per heavy atom. The maximum atomic E-state index is 13.1. The molecule has 9 heteroatoms. The third kappa shape index (κ3) is 4.96. The van der Waals surface area contributed by atoms with Gasteiger partial charge in [0.05, 0.1) is 18.7 Å². The molecule has 0 amide bonds. The van der Waals surface area contributed by atoms with E-state index in [4.69, 9.17) is 25.8 Å². The summed E-state index contributed by atoms with van der Waals surface area (Å²) in [6.07, 6.45) is 1.47. The van der Waals surface area contributed by atoms with Crippen molar-refractivity contribution in [3.63, 3.8) is 0 Å². The number of nitrogens with zero attached hydrogens (tertiary/aromatic N) is 1. The highest BCUT2D eigenvalue weighted by Gasteiger charge is 2.24. The summed E-state index contributed by atoms with van der Waals surface area (Å²) in [6.45, 7) is 1.75. The lowest BCUT2D eigenvalue weighted by molar-refractivity contribution is -0.143. The number of carbonyl (C=O) groups is 2. The first kappa shape index (κ1) is 21.3. The van der Waals surface area contributed by atoms with Crippen molar-refractivity contribution in [1.29, 1.82) is 0 Å². The number of halogens is 2. The summed E-state index contributed by atoms with van der Waals surface area (Å²) < 4.78 is 33.7. The first-order valence-corrected chi connectivity index (χ1v) is 9.23. The molecule has 0 bridgehead atoms. The van der Waals surface area contributed by atoms with Gasteiger partial charge in [-0.1, -0.05) is 11.6 Å². The lowest BCUT2D eigenvalue weighted by atomic mass is 10.1. The van der Waals surface area contributed by atoms with Gasteiger partial charge in [-0.2, -0.15) is 0 Å². The molecular formula is C21H17ClFNO6. The Kier molecular flexibility index (Phi) is 6.68. The zero-order valence-electron chi connectivity index (χ0n) is 16.1. The zero-order chi connectivity index (χ0) is 21.7. The van der Waals surface area contributed by atoms with Crippen LogP contribution in [0.3, 0.4) is 0 Å². The minimum atomic E-state index is -0.658. The Labute approximate surface area is 176 Å². The lowest BCUT2D eigenvalue weighted by Gasteiger charge is -2.13. The van der Waals surface area contributed by atoms with Gasteiger partial charge in [0.1, 0.15) is 5.82 Å². The van der Waals surface area contributed by atoms with E-state index in [1.165, 1.54) is 43.5 Å². The van der Waals surface area contributed by atoms with Crippen LogP contribution in [0.1, 0.15) is 18.1 Å². The number of rotatable bonds is 7. The number of esters is 2. The van der Waals surface area contributed by atoms with Gasteiger partial charge in [-0.3, -0.25) is 0 Å². The summed E-state index contributed by atoms with van der Waals surface area (Å²) in [5.41, 5.74) is 1.01. The van der Waals surface area contributed by atoms with E-state index in [-0.39, 0.29) is 34.7 Å². The molecule has 2 aromatic carbocycles. The summed E-state index contributed by atoms with van der Waals surface area (Å²) in [5.74, 6) is -1.11. The van der Waals surface area contributed by atoms with Crippen LogP contribution in [0.4, 0.5) is 4.39 Å². The predicted molar refractivity (Wildman–Crippen MR) is 107 cm³/mol. The molecule has 0 spiro atoms. The van der Waals surface area contributed by atoms with Gasteiger partial charge in [0.25, 0.3) is 0 Å². The summed E-state index contributed by atoms with van der Waals surface area (Å²) in [4.78, 5) is 27.7. The topological polar surface area (TPSA) is 83.4 Å². The smallest absolute Gasteiger partial charge is 0.363 e. The quantitative estimate of drug-likeness (QED) is 0.488. The highest BCUT2D eigenvalue weighted by Crippen LogP contribution is 2.37. The maximum Gasteiger partial charge on any atom is 0.363 e. The number of methoxy groups -OCH3 is 1. The van der Waals surface area contributed by atoms with Crippen LogP contribution in [-0.4, -0.2) is 38.2 Å². The summed E-state index contributed by atoms with van der Waals surface area (Å²) in [7, 11) is 1.24.